The maximum Gasteiger partial charge on any atom is 0.275 e. The highest BCUT2D eigenvalue weighted by molar-refractivity contribution is 6.31. The lowest BCUT2D eigenvalue weighted by Crippen LogP contribution is -2.20. The molecule has 6 nitrogen and oxygen atoms in total. The van der Waals surface area contributed by atoms with Gasteiger partial charge in [0, 0.05) is 29.4 Å². The third kappa shape index (κ3) is 4.99. The second-order valence-corrected chi connectivity index (χ2v) is 5.89. The number of halogens is 2. The van der Waals surface area contributed by atoms with Crippen LogP contribution in [0.5, 0.6) is 11.5 Å². The van der Waals surface area contributed by atoms with Gasteiger partial charge in [0.05, 0.1) is 23.0 Å². The number of nitro groups is 1. The SMILES string of the molecule is Cc1cc(Oc2cc(NCC(O)CCl)cc([N+](=O)[O-])c2)ccc1Cl. The van der Waals surface area contributed by atoms with Crippen LogP contribution in [-0.2, 0) is 0 Å². The number of hydrogen-bond donors (Lipinski definition) is 2. The van der Waals surface area contributed by atoms with Crippen LogP contribution >= 0.6 is 23.2 Å². The van der Waals surface area contributed by atoms with Gasteiger partial charge in [-0.05, 0) is 30.7 Å². The normalized spacial score (nSPS) is 11.8. The Balaban J connectivity index is 2.25. The van der Waals surface area contributed by atoms with Crippen LogP contribution in [-0.4, -0.2) is 28.6 Å². The van der Waals surface area contributed by atoms with Gasteiger partial charge in [0.2, 0.25) is 0 Å². The van der Waals surface area contributed by atoms with Gasteiger partial charge in [-0.1, -0.05) is 11.6 Å². The fourth-order valence-corrected chi connectivity index (χ4v) is 2.18. The molecule has 2 aromatic rings. The largest absolute Gasteiger partial charge is 0.457 e. The molecule has 128 valence electrons. The van der Waals surface area contributed by atoms with Gasteiger partial charge in [0.25, 0.3) is 5.69 Å². The van der Waals surface area contributed by atoms with E-state index in [4.69, 9.17) is 27.9 Å². The smallest absolute Gasteiger partial charge is 0.275 e. The van der Waals surface area contributed by atoms with Crippen LogP contribution in [0.1, 0.15) is 5.56 Å². The average Bonchev–Trinajstić information content (AvgIpc) is 2.55. The number of aryl methyl sites for hydroxylation is 1. The molecule has 0 radical (unpaired) electrons. The molecule has 2 aromatic carbocycles. The minimum atomic E-state index is -0.755. The van der Waals surface area contributed by atoms with E-state index in [1.165, 1.54) is 12.1 Å². The molecule has 0 aliphatic rings. The van der Waals surface area contributed by atoms with Crippen molar-refractivity contribution in [1.82, 2.24) is 0 Å². The van der Waals surface area contributed by atoms with Crippen molar-refractivity contribution in [2.45, 2.75) is 13.0 Å². The van der Waals surface area contributed by atoms with Gasteiger partial charge < -0.3 is 15.2 Å². The number of nitrogens with zero attached hydrogens (tertiary/aromatic N) is 1. The zero-order valence-corrected chi connectivity index (χ0v) is 14.3. The molecule has 1 atom stereocenters. The molecule has 2 rings (SSSR count). The first-order valence-corrected chi connectivity index (χ1v) is 8.01. The van der Waals surface area contributed by atoms with E-state index in [9.17, 15) is 15.2 Å². The maximum atomic E-state index is 11.1. The summed E-state index contributed by atoms with van der Waals surface area (Å²) in [5.41, 5.74) is 1.17. The van der Waals surface area contributed by atoms with Crippen molar-refractivity contribution in [1.29, 1.82) is 0 Å². The molecule has 0 heterocycles. The highest BCUT2D eigenvalue weighted by Gasteiger charge is 2.12. The predicted molar refractivity (Wildman–Crippen MR) is 94.6 cm³/mol. The van der Waals surface area contributed by atoms with Crippen molar-refractivity contribution in [3.63, 3.8) is 0 Å². The van der Waals surface area contributed by atoms with Crippen LogP contribution in [0.15, 0.2) is 36.4 Å². The molecule has 0 amide bonds. The summed E-state index contributed by atoms with van der Waals surface area (Å²) in [6.07, 6.45) is -0.755. The first-order valence-electron chi connectivity index (χ1n) is 7.10. The van der Waals surface area contributed by atoms with Gasteiger partial charge in [0.15, 0.2) is 0 Å². The van der Waals surface area contributed by atoms with E-state index >= 15 is 0 Å². The molecule has 1 unspecified atom stereocenters. The van der Waals surface area contributed by atoms with Gasteiger partial charge in [-0.25, -0.2) is 0 Å². The molecule has 0 fully saturated rings. The quantitative estimate of drug-likeness (QED) is 0.429. The maximum absolute atomic E-state index is 11.1. The van der Waals surface area contributed by atoms with Crippen molar-refractivity contribution in [2.75, 3.05) is 17.7 Å². The van der Waals surface area contributed by atoms with E-state index in [0.29, 0.717) is 22.2 Å². The molecule has 0 aromatic heterocycles. The van der Waals surface area contributed by atoms with Gasteiger partial charge in [-0.3, -0.25) is 10.1 Å². The van der Waals surface area contributed by atoms with Crippen LogP contribution in [0.2, 0.25) is 5.02 Å². The minimum absolute atomic E-state index is 0.0648. The van der Waals surface area contributed by atoms with Gasteiger partial charge in [-0.15, -0.1) is 11.6 Å². The van der Waals surface area contributed by atoms with Gasteiger partial charge in [0.1, 0.15) is 11.5 Å². The number of rotatable bonds is 7. The molecular weight excluding hydrogens is 355 g/mol. The monoisotopic (exact) mass is 370 g/mol. The first kappa shape index (κ1) is 18.3. The van der Waals surface area contributed by atoms with Crippen molar-refractivity contribution in [2.24, 2.45) is 0 Å². The molecule has 0 aliphatic carbocycles. The van der Waals surface area contributed by atoms with Crippen molar-refractivity contribution >= 4 is 34.6 Å². The number of aliphatic hydroxyl groups excluding tert-OH is 1. The van der Waals surface area contributed by atoms with E-state index in [1.54, 1.807) is 24.3 Å². The second-order valence-electron chi connectivity index (χ2n) is 5.17. The topological polar surface area (TPSA) is 84.6 Å². The summed E-state index contributed by atoms with van der Waals surface area (Å²) in [6.45, 7) is 2.01. The van der Waals surface area contributed by atoms with E-state index in [2.05, 4.69) is 5.32 Å². The molecule has 0 saturated heterocycles. The molecule has 2 N–H and O–H groups in total. The average molecular weight is 371 g/mol. The summed E-state index contributed by atoms with van der Waals surface area (Å²) >= 11 is 11.5. The number of aliphatic hydroxyl groups is 1. The fourth-order valence-electron chi connectivity index (χ4n) is 1.96. The third-order valence-electron chi connectivity index (χ3n) is 3.19. The van der Waals surface area contributed by atoms with E-state index in [0.717, 1.165) is 5.56 Å². The van der Waals surface area contributed by atoms with Gasteiger partial charge >= 0.3 is 0 Å². The minimum Gasteiger partial charge on any atom is -0.457 e. The Bertz CT molecular complexity index is 740. The van der Waals surface area contributed by atoms with Crippen LogP contribution in [0.4, 0.5) is 11.4 Å². The third-order valence-corrected chi connectivity index (χ3v) is 3.97. The summed E-state index contributed by atoms with van der Waals surface area (Å²) in [7, 11) is 0. The van der Waals surface area contributed by atoms with Crippen molar-refractivity contribution < 1.29 is 14.8 Å². The summed E-state index contributed by atoms with van der Waals surface area (Å²) < 4.78 is 5.69. The van der Waals surface area contributed by atoms with E-state index < -0.39 is 11.0 Å². The number of alkyl halides is 1. The molecule has 8 heteroatoms. The number of non-ortho nitro benzene ring substituents is 1. The van der Waals surface area contributed by atoms with Gasteiger partial charge in [-0.2, -0.15) is 0 Å². The molecule has 0 spiro atoms. The van der Waals surface area contributed by atoms with Crippen LogP contribution in [0.3, 0.4) is 0 Å². The number of benzene rings is 2. The predicted octanol–water partition coefficient (Wildman–Crippen LogP) is 4.36. The highest BCUT2D eigenvalue weighted by atomic mass is 35.5. The van der Waals surface area contributed by atoms with Crippen LogP contribution in [0, 0.1) is 17.0 Å². The number of nitrogens with one attached hydrogen (secondary N) is 1. The number of ether oxygens (including phenoxy) is 1. The Hall–Kier alpha value is -2.02. The Morgan fingerprint density at radius 3 is 2.67 bits per heavy atom. The van der Waals surface area contributed by atoms with E-state index in [1.807, 2.05) is 6.92 Å². The zero-order chi connectivity index (χ0) is 17.7. The van der Waals surface area contributed by atoms with Crippen molar-refractivity contribution in [3.05, 3.63) is 57.1 Å². The van der Waals surface area contributed by atoms with Crippen molar-refractivity contribution in [3.8, 4) is 11.5 Å². The summed E-state index contributed by atoms with van der Waals surface area (Å²) in [4.78, 5) is 10.6. The summed E-state index contributed by atoms with van der Waals surface area (Å²) in [5.74, 6) is 0.882. The number of anilines is 1. The molecular formula is C16H16Cl2N2O4. The summed E-state index contributed by atoms with van der Waals surface area (Å²) in [5, 5.41) is 24.1. The van der Waals surface area contributed by atoms with Crippen LogP contribution in [0.25, 0.3) is 0 Å². The Morgan fingerprint density at radius 1 is 1.29 bits per heavy atom. The second kappa shape index (κ2) is 8.19. The number of nitro benzene ring substituents is 1. The standard InChI is InChI=1S/C16H16Cl2N2O4/c1-10-4-14(2-3-16(10)18)24-15-6-11(19-9-13(21)8-17)5-12(7-15)20(22)23/h2-7,13,19,21H,8-9H2,1H3. The lowest BCUT2D eigenvalue weighted by atomic mass is 10.2. The zero-order valence-electron chi connectivity index (χ0n) is 12.8. The summed E-state index contributed by atoms with van der Waals surface area (Å²) in [6, 6.07) is 9.41. The molecule has 0 aliphatic heterocycles. The number of hydrogen-bond acceptors (Lipinski definition) is 5. The first-order chi connectivity index (χ1) is 11.4. The van der Waals surface area contributed by atoms with E-state index in [-0.39, 0.29) is 18.1 Å². The highest BCUT2D eigenvalue weighted by Crippen LogP contribution is 2.31. The molecule has 24 heavy (non-hydrogen) atoms. The Morgan fingerprint density at radius 2 is 2.04 bits per heavy atom. The van der Waals surface area contributed by atoms with Crippen LogP contribution < -0.4 is 10.1 Å². The molecule has 0 bridgehead atoms. The Kier molecular flexibility index (Phi) is 6.25. The lowest BCUT2D eigenvalue weighted by molar-refractivity contribution is -0.384. The lowest BCUT2D eigenvalue weighted by Gasteiger charge is -2.12. The fraction of sp³-hybridized carbons (Fsp3) is 0.250. The Labute approximate surface area is 149 Å². The molecule has 0 saturated carbocycles.